The van der Waals surface area contributed by atoms with Crippen molar-refractivity contribution >= 4 is 16.9 Å². The third kappa shape index (κ3) is 2.03. The molecule has 108 valence electrons. The van der Waals surface area contributed by atoms with Crippen LogP contribution >= 0.6 is 0 Å². The number of nitrogens with one attached hydrogen (secondary N) is 2. The van der Waals surface area contributed by atoms with Gasteiger partial charge in [-0.3, -0.25) is 5.10 Å². The van der Waals surface area contributed by atoms with Crippen LogP contribution < -0.4 is 5.32 Å². The number of H-pyrrole nitrogens is 1. The van der Waals surface area contributed by atoms with E-state index in [-0.39, 0.29) is 6.04 Å². The van der Waals surface area contributed by atoms with Crippen molar-refractivity contribution in [3.8, 4) is 0 Å². The molecule has 0 saturated carbocycles. The molecule has 8 nitrogen and oxygen atoms in total. The lowest BCUT2D eigenvalue weighted by molar-refractivity contribution is 0.500. The number of aromatic amines is 1. The molecule has 0 radical (unpaired) electrons. The fraction of sp³-hybridized carbons (Fsp3) is 0.462. The molecule has 3 aromatic heterocycles. The van der Waals surface area contributed by atoms with Gasteiger partial charge in [0.1, 0.15) is 18.0 Å². The molecule has 1 aliphatic heterocycles. The van der Waals surface area contributed by atoms with Gasteiger partial charge in [-0.05, 0) is 19.8 Å². The smallest absolute Gasteiger partial charge is 0.160 e. The van der Waals surface area contributed by atoms with E-state index in [4.69, 9.17) is 0 Å². The lowest BCUT2D eigenvalue weighted by Crippen LogP contribution is -2.18. The first-order valence-corrected chi connectivity index (χ1v) is 7.15. The molecule has 0 spiro atoms. The summed E-state index contributed by atoms with van der Waals surface area (Å²) in [4.78, 5) is 8.44. The Morgan fingerprint density at radius 3 is 3.19 bits per heavy atom. The highest BCUT2D eigenvalue weighted by atomic mass is 15.3. The molecule has 4 heterocycles. The molecule has 0 amide bonds. The van der Waals surface area contributed by atoms with Crippen molar-refractivity contribution in [2.45, 2.75) is 38.8 Å². The molecular weight excluding hydrogens is 268 g/mol. The van der Waals surface area contributed by atoms with Gasteiger partial charge < -0.3 is 9.88 Å². The molecule has 1 unspecified atom stereocenters. The van der Waals surface area contributed by atoms with Gasteiger partial charge >= 0.3 is 0 Å². The third-order valence-electron chi connectivity index (χ3n) is 3.88. The van der Waals surface area contributed by atoms with Crippen LogP contribution in [0.5, 0.6) is 0 Å². The molecule has 4 rings (SSSR count). The van der Waals surface area contributed by atoms with Gasteiger partial charge in [-0.15, -0.1) is 10.2 Å². The first kappa shape index (κ1) is 12.2. The first-order chi connectivity index (χ1) is 10.3. The van der Waals surface area contributed by atoms with Crippen LogP contribution in [0.25, 0.3) is 11.0 Å². The van der Waals surface area contributed by atoms with Crippen molar-refractivity contribution in [2.24, 2.45) is 0 Å². The number of anilines is 1. The maximum atomic E-state index is 4.35. The summed E-state index contributed by atoms with van der Waals surface area (Å²) in [6.45, 7) is 3.06. The Hall–Kier alpha value is -2.51. The number of hydrogen-bond donors (Lipinski definition) is 2. The van der Waals surface area contributed by atoms with Crippen molar-refractivity contribution < 1.29 is 0 Å². The third-order valence-corrected chi connectivity index (χ3v) is 3.88. The highest BCUT2D eigenvalue weighted by Gasteiger charge is 2.20. The Bertz CT molecular complexity index is 773. The fourth-order valence-electron chi connectivity index (χ4n) is 2.80. The molecule has 21 heavy (non-hydrogen) atoms. The van der Waals surface area contributed by atoms with Crippen molar-refractivity contribution in [2.75, 3.05) is 5.32 Å². The summed E-state index contributed by atoms with van der Waals surface area (Å²) in [5, 5.41) is 19.8. The Labute approximate surface area is 121 Å². The Morgan fingerprint density at radius 1 is 1.29 bits per heavy atom. The second kappa shape index (κ2) is 4.80. The number of rotatable bonds is 3. The largest absolute Gasteiger partial charge is 0.360 e. The Kier molecular flexibility index (Phi) is 2.80. The molecular formula is C13H16N8. The minimum absolute atomic E-state index is 0.0253. The van der Waals surface area contributed by atoms with Crippen LogP contribution in [0.3, 0.4) is 0 Å². The van der Waals surface area contributed by atoms with Crippen LogP contribution in [0, 0.1) is 0 Å². The molecule has 0 aromatic carbocycles. The second-order valence-corrected chi connectivity index (χ2v) is 5.30. The van der Waals surface area contributed by atoms with E-state index in [1.807, 2.05) is 0 Å². The number of hydrogen-bond acceptors (Lipinski definition) is 6. The lowest BCUT2D eigenvalue weighted by atomic mass is 10.1. The highest BCUT2D eigenvalue weighted by molar-refractivity contribution is 5.85. The maximum absolute atomic E-state index is 4.35. The summed E-state index contributed by atoms with van der Waals surface area (Å²) in [7, 11) is 0. The zero-order chi connectivity index (χ0) is 14.2. The van der Waals surface area contributed by atoms with Gasteiger partial charge in [0, 0.05) is 13.0 Å². The summed E-state index contributed by atoms with van der Waals surface area (Å²) in [6, 6.07) is 0.0253. The SMILES string of the molecule is CC(Nc1ncnc2[nH]ncc12)c1nnc2n1CCCC2. The summed E-state index contributed by atoms with van der Waals surface area (Å²) < 4.78 is 2.22. The Balaban J connectivity index is 1.65. The second-order valence-electron chi connectivity index (χ2n) is 5.30. The van der Waals surface area contributed by atoms with Gasteiger partial charge in [0.05, 0.1) is 17.6 Å². The zero-order valence-electron chi connectivity index (χ0n) is 11.7. The summed E-state index contributed by atoms with van der Waals surface area (Å²) in [5.41, 5.74) is 0.725. The minimum Gasteiger partial charge on any atom is -0.360 e. The predicted molar refractivity (Wildman–Crippen MR) is 76.7 cm³/mol. The molecule has 3 aromatic rings. The standard InChI is InChI=1S/C13H16N8/c1-8(13-20-18-10-4-2-3-5-21(10)13)17-11-9-6-16-19-12(9)15-7-14-11/h6-8H,2-5H2,1H3,(H2,14,15,16,17,19). The van der Waals surface area contributed by atoms with E-state index in [1.54, 1.807) is 6.20 Å². The van der Waals surface area contributed by atoms with Crippen LogP contribution in [-0.4, -0.2) is 34.9 Å². The van der Waals surface area contributed by atoms with Gasteiger partial charge in [0.2, 0.25) is 0 Å². The molecule has 8 heteroatoms. The molecule has 0 aliphatic carbocycles. The summed E-state index contributed by atoms with van der Waals surface area (Å²) >= 11 is 0. The zero-order valence-corrected chi connectivity index (χ0v) is 11.7. The molecule has 0 saturated heterocycles. The molecule has 1 atom stereocenters. The van der Waals surface area contributed by atoms with Crippen LogP contribution in [0.15, 0.2) is 12.5 Å². The number of nitrogens with zero attached hydrogens (tertiary/aromatic N) is 6. The van der Waals surface area contributed by atoms with E-state index in [1.165, 1.54) is 19.2 Å². The van der Waals surface area contributed by atoms with Crippen molar-refractivity contribution in [1.29, 1.82) is 0 Å². The normalized spacial score (nSPS) is 15.9. The minimum atomic E-state index is 0.0253. The molecule has 1 aliphatic rings. The van der Waals surface area contributed by atoms with Crippen LogP contribution in [0.4, 0.5) is 5.82 Å². The van der Waals surface area contributed by atoms with Gasteiger partial charge in [0.15, 0.2) is 11.5 Å². The van der Waals surface area contributed by atoms with Crippen molar-refractivity contribution in [1.82, 2.24) is 34.9 Å². The average Bonchev–Trinajstić information content (AvgIpc) is 3.14. The van der Waals surface area contributed by atoms with E-state index in [9.17, 15) is 0 Å². The number of aromatic nitrogens is 7. The van der Waals surface area contributed by atoms with Gasteiger partial charge in [-0.1, -0.05) is 0 Å². The van der Waals surface area contributed by atoms with Gasteiger partial charge in [0.25, 0.3) is 0 Å². The van der Waals surface area contributed by atoms with Crippen LogP contribution in [-0.2, 0) is 13.0 Å². The van der Waals surface area contributed by atoms with Crippen LogP contribution in [0.1, 0.15) is 37.5 Å². The molecule has 0 fully saturated rings. The topological polar surface area (TPSA) is 97.2 Å². The summed E-state index contributed by atoms with van der Waals surface area (Å²) in [5.74, 6) is 2.80. The average molecular weight is 284 g/mol. The van der Waals surface area contributed by atoms with E-state index in [0.29, 0.717) is 0 Å². The van der Waals surface area contributed by atoms with Gasteiger partial charge in [-0.2, -0.15) is 5.10 Å². The molecule has 2 N–H and O–H groups in total. The van der Waals surface area contributed by atoms with Crippen molar-refractivity contribution in [3.63, 3.8) is 0 Å². The lowest BCUT2D eigenvalue weighted by Gasteiger charge is -2.19. The predicted octanol–water partition coefficient (Wildman–Crippen LogP) is 1.45. The maximum Gasteiger partial charge on any atom is 0.160 e. The number of fused-ring (bicyclic) bond motifs is 2. The molecule has 0 bridgehead atoms. The quantitative estimate of drug-likeness (QED) is 0.755. The van der Waals surface area contributed by atoms with E-state index in [2.05, 4.69) is 47.2 Å². The van der Waals surface area contributed by atoms with E-state index in [0.717, 1.165) is 41.5 Å². The number of aryl methyl sites for hydroxylation is 1. The highest BCUT2D eigenvalue weighted by Crippen LogP contribution is 2.24. The summed E-state index contributed by atoms with van der Waals surface area (Å²) in [6.07, 6.45) is 6.64. The van der Waals surface area contributed by atoms with E-state index >= 15 is 0 Å². The van der Waals surface area contributed by atoms with Crippen molar-refractivity contribution in [3.05, 3.63) is 24.2 Å². The van der Waals surface area contributed by atoms with Gasteiger partial charge in [-0.25, -0.2) is 9.97 Å². The fourth-order valence-corrected chi connectivity index (χ4v) is 2.80. The first-order valence-electron chi connectivity index (χ1n) is 7.15. The van der Waals surface area contributed by atoms with E-state index < -0.39 is 0 Å². The van der Waals surface area contributed by atoms with Crippen LogP contribution in [0.2, 0.25) is 0 Å². The monoisotopic (exact) mass is 284 g/mol. The Morgan fingerprint density at radius 2 is 2.24 bits per heavy atom.